The van der Waals surface area contributed by atoms with E-state index in [0.29, 0.717) is 5.96 Å². The van der Waals surface area contributed by atoms with Gasteiger partial charge in [-0.25, -0.2) is 5.43 Å². The lowest BCUT2D eigenvalue weighted by atomic mass is 10.2. The highest BCUT2D eigenvalue weighted by atomic mass is 35.5. The first kappa shape index (κ1) is 19.9. The lowest BCUT2D eigenvalue weighted by Crippen LogP contribution is -2.43. The van der Waals surface area contributed by atoms with Crippen LogP contribution < -0.4 is 16.2 Å². The van der Waals surface area contributed by atoms with Gasteiger partial charge in [0.25, 0.3) is 0 Å². The molecule has 0 heterocycles. The topological polar surface area (TPSA) is 39.1 Å². The summed E-state index contributed by atoms with van der Waals surface area (Å²) in [6.45, 7) is 0. The van der Waals surface area contributed by atoms with Crippen LogP contribution in [-0.4, -0.2) is 31.7 Å². The standard InChI is InChI=1S/C11H13Cl2F3N4.ClH/c1-17-10(20(2)3)19-18-9-7(12)4-6(5-8(9)13)11(14,15)16;/h4-5,18H,1-3H3,(H,17,19);1H/p+1. The molecule has 0 aliphatic rings. The second-order valence-electron chi connectivity index (χ2n) is 4.06. The van der Waals surface area contributed by atoms with Crippen molar-refractivity contribution in [1.82, 2.24) is 10.7 Å². The Morgan fingerprint density at radius 3 is 1.95 bits per heavy atom. The summed E-state index contributed by atoms with van der Waals surface area (Å²) in [7, 11) is 5.23. The minimum Gasteiger partial charge on any atom is -0.279 e. The van der Waals surface area contributed by atoms with E-state index >= 15 is 0 Å². The Labute approximate surface area is 136 Å². The fraction of sp³-hybridized carbons (Fsp3) is 0.364. The molecule has 0 radical (unpaired) electrons. The maximum absolute atomic E-state index is 12.6. The van der Waals surface area contributed by atoms with Gasteiger partial charge in [0.05, 0.1) is 36.8 Å². The van der Waals surface area contributed by atoms with E-state index < -0.39 is 11.7 Å². The Morgan fingerprint density at radius 2 is 1.62 bits per heavy atom. The molecular weight excluding hydrogens is 352 g/mol. The Balaban J connectivity index is 0.00000400. The third-order valence-corrected chi connectivity index (χ3v) is 2.96. The van der Waals surface area contributed by atoms with E-state index in [0.717, 1.165) is 12.1 Å². The third kappa shape index (κ3) is 5.33. The molecule has 120 valence electrons. The van der Waals surface area contributed by atoms with Gasteiger partial charge in [-0.1, -0.05) is 23.2 Å². The van der Waals surface area contributed by atoms with Crippen molar-refractivity contribution in [3.63, 3.8) is 0 Å². The number of anilines is 1. The zero-order valence-electron chi connectivity index (χ0n) is 11.4. The number of rotatable bonds is 2. The predicted octanol–water partition coefficient (Wildman–Crippen LogP) is 3.20. The summed E-state index contributed by atoms with van der Waals surface area (Å²) >= 11 is 11.6. The molecule has 10 heteroatoms. The normalized spacial score (nSPS) is 10.5. The molecule has 0 bridgehead atoms. The van der Waals surface area contributed by atoms with E-state index in [-0.39, 0.29) is 28.1 Å². The summed E-state index contributed by atoms with van der Waals surface area (Å²) < 4.78 is 39.5. The van der Waals surface area contributed by atoms with Crippen molar-refractivity contribution in [1.29, 1.82) is 0 Å². The maximum Gasteiger partial charge on any atom is 0.416 e. The number of nitrogens with zero attached hydrogens (tertiary/aromatic N) is 1. The van der Waals surface area contributed by atoms with Crippen LogP contribution in [0.3, 0.4) is 0 Å². The third-order valence-electron chi connectivity index (χ3n) is 2.36. The highest BCUT2D eigenvalue weighted by Gasteiger charge is 2.32. The molecule has 0 aliphatic carbocycles. The molecule has 0 aliphatic heterocycles. The van der Waals surface area contributed by atoms with Crippen LogP contribution in [0.1, 0.15) is 5.56 Å². The Kier molecular flexibility index (Phi) is 7.43. The molecule has 21 heavy (non-hydrogen) atoms. The molecule has 0 saturated heterocycles. The summed E-state index contributed by atoms with van der Waals surface area (Å²) in [6.07, 6.45) is -4.49. The monoisotopic (exact) mass is 365 g/mol. The van der Waals surface area contributed by atoms with Gasteiger partial charge in [0.1, 0.15) is 5.69 Å². The van der Waals surface area contributed by atoms with Crippen molar-refractivity contribution >= 4 is 47.3 Å². The molecule has 1 rings (SSSR count). The average Bonchev–Trinajstić information content (AvgIpc) is 2.30. The molecule has 0 amide bonds. The molecule has 3 N–H and O–H groups in total. The van der Waals surface area contributed by atoms with Crippen LogP contribution >= 0.6 is 35.6 Å². The van der Waals surface area contributed by atoms with Gasteiger partial charge in [-0.2, -0.15) is 18.6 Å². The molecule has 1 aromatic rings. The SMILES string of the molecule is CNC(NNc1c(Cl)cc(C(F)(F)F)cc1Cl)=[N+](C)C.Cl. The van der Waals surface area contributed by atoms with Crippen molar-refractivity contribution in [2.24, 2.45) is 0 Å². The lowest BCUT2D eigenvalue weighted by molar-refractivity contribution is -0.468. The Bertz CT molecular complexity index is 505. The van der Waals surface area contributed by atoms with E-state index in [1.54, 1.807) is 25.7 Å². The molecule has 0 aromatic heterocycles. The fourth-order valence-corrected chi connectivity index (χ4v) is 1.96. The first-order valence-electron chi connectivity index (χ1n) is 5.47. The number of benzene rings is 1. The second kappa shape index (κ2) is 7.82. The van der Waals surface area contributed by atoms with Crippen LogP contribution in [0, 0.1) is 0 Å². The van der Waals surface area contributed by atoms with Gasteiger partial charge in [-0.3, -0.25) is 9.89 Å². The van der Waals surface area contributed by atoms with Gasteiger partial charge in [-0.05, 0) is 12.1 Å². The van der Waals surface area contributed by atoms with E-state index in [9.17, 15) is 13.2 Å². The summed E-state index contributed by atoms with van der Waals surface area (Å²) in [4.78, 5) is 0. The molecule has 0 fully saturated rings. The molecule has 0 unspecified atom stereocenters. The Morgan fingerprint density at radius 1 is 1.14 bits per heavy atom. The molecular formula is C11H15Cl3F3N4+. The Hall–Kier alpha value is -1.05. The largest absolute Gasteiger partial charge is 0.416 e. The van der Waals surface area contributed by atoms with Crippen molar-refractivity contribution in [2.45, 2.75) is 6.18 Å². The smallest absolute Gasteiger partial charge is 0.279 e. The number of halogens is 6. The maximum atomic E-state index is 12.6. The number of hydrazine groups is 1. The van der Waals surface area contributed by atoms with Gasteiger partial charge >= 0.3 is 12.1 Å². The van der Waals surface area contributed by atoms with E-state index in [4.69, 9.17) is 23.2 Å². The fourth-order valence-electron chi connectivity index (χ4n) is 1.38. The van der Waals surface area contributed by atoms with E-state index in [1.807, 2.05) is 0 Å². The number of alkyl halides is 3. The zero-order valence-corrected chi connectivity index (χ0v) is 13.7. The number of nitrogens with one attached hydrogen (secondary N) is 3. The minimum absolute atomic E-state index is 0. The molecule has 1 aromatic carbocycles. The highest BCUT2D eigenvalue weighted by Crippen LogP contribution is 2.38. The summed E-state index contributed by atoms with van der Waals surface area (Å²) in [5, 5.41) is 2.58. The van der Waals surface area contributed by atoms with Crippen molar-refractivity contribution in [3.05, 3.63) is 27.7 Å². The number of hydrogen-bond acceptors (Lipinski definition) is 1. The first-order valence-corrected chi connectivity index (χ1v) is 6.22. The van der Waals surface area contributed by atoms with Gasteiger partial charge < -0.3 is 0 Å². The number of hydrogen-bond donors (Lipinski definition) is 3. The summed E-state index contributed by atoms with van der Waals surface area (Å²) in [5.74, 6) is 0.581. The van der Waals surface area contributed by atoms with E-state index in [1.165, 1.54) is 0 Å². The average molecular weight is 367 g/mol. The lowest BCUT2D eigenvalue weighted by Gasteiger charge is -2.13. The summed E-state index contributed by atoms with van der Waals surface area (Å²) in [6, 6.07) is 1.62. The van der Waals surface area contributed by atoms with Crippen LogP contribution in [0.2, 0.25) is 10.0 Å². The zero-order chi connectivity index (χ0) is 15.5. The van der Waals surface area contributed by atoms with Crippen LogP contribution in [0.4, 0.5) is 18.9 Å². The van der Waals surface area contributed by atoms with Crippen molar-refractivity contribution in [2.75, 3.05) is 26.6 Å². The molecule has 0 atom stereocenters. The van der Waals surface area contributed by atoms with Gasteiger partial charge in [0.2, 0.25) is 0 Å². The van der Waals surface area contributed by atoms with Crippen molar-refractivity contribution < 1.29 is 17.7 Å². The predicted molar refractivity (Wildman–Crippen MR) is 81.6 cm³/mol. The van der Waals surface area contributed by atoms with Gasteiger partial charge in [0, 0.05) is 0 Å². The first-order chi connectivity index (χ1) is 9.16. The minimum atomic E-state index is -4.49. The second-order valence-corrected chi connectivity index (χ2v) is 4.87. The van der Waals surface area contributed by atoms with Crippen LogP contribution in [-0.2, 0) is 6.18 Å². The molecule has 0 spiro atoms. The van der Waals surface area contributed by atoms with Crippen LogP contribution in [0.15, 0.2) is 12.1 Å². The van der Waals surface area contributed by atoms with Gasteiger partial charge in [0.15, 0.2) is 0 Å². The van der Waals surface area contributed by atoms with Crippen LogP contribution in [0.5, 0.6) is 0 Å². The molecule has 0 saturated carbocycles. The summed E-state index contributed by atoms with van der Waals surface area (Å²) in [5.41, 5.74) is 4.69. The van der Waals surface area contributed by atoms with Crippen molar-refractivity contribution in [3.8, 4) is 0 Å². The van der Waals surface area contributed by atoms with Gasteiger partial charge in [-0.15, -0.1) is 12.4 Å². The molecule has 4 nitrogen and oxygen atoms in total. The van der Waals surface area contributed by atoms with Crippen LogP contribution in [0.25, 0.3) is 0 Å². The quantitative estimate of drug-likeness (QED) is 0.326. The van der Waals surface area contributed by atoms with E-state index in [2.05, 4.69) is 16.2 Å². The number of guanidine groups is 1. The highest BCUT2D eigenvalue weighted by molar-refractivity contribution is 6.39.